The summed E-state index contributed by atoms with van der Waals surface area (Å²) in [5, 5.41) is 7.11. The maximum absolute atomic E-state index is 6.09. The standard InChI is InChI=1S/C13H14Cl2N4/c1-16-12-10(14)8-11(15)13(19-12)18-7-5-9-4-2-3-6-17-9/h2-4,6,8H,5,7H2,1H3,(H2,16,18,19). The van der Waals surface area contributed by atoms with Gasteiger partial charge in [-0.1, -0.05) is 29.3 Å². The minimum absolute atomic E-state index is 0.503. The molecule has 0 saturated carbocycles. The van der Waals surface area contributed by atoms with E-state index in [9.17, 15) is 0 Å². The number of nitrogens with one attached hydrogen (secondary N) is 2. The van der Waals surface area contributed by atoms with E-state index in [1.807, 2.05) is 18.2 Å². The van der Waals surface area contributed by atoms with Gasteiger partial charge < -0.3 is 10.6 Å². The highest BCUT2D eigenvalue weighted by Gasteiger charge is 2.07. The minimum Gasteiger partial charge on any atom is -0.372 e. The normalized spacial score (nSPS) is 10.3. The van der Waals surface area contributed by atoms with E-state index in [1.165, 1.54) is 0 Å². The van der Waals surface area contributed by atoms with Crippen LogP contribution in [0.3, 0.4) is 0 Å². The number of rotatable bonds is 5. The van der Waals surface area contributed by atoms with Crippen molar-refractivity contribution >= 4 is 34.8 Å². The largest absolute Gasteiger partial charge is 0.372 e. The Morgan fingerprint density at radius 1 is 1.16 bits per heavy atom. The Morgan fingerprint density at radius 3 is 2.63 bits per heavy atom. The molecular formula is C13H14Cl2N4. The van der Waals surface area contributed by atoms with Gasteiger partial charge >= 0.3 is 0 Å². The Labute approximate surface area is 122 Å². The lowest BCUT2D eigenvalue weighted by Crippen LogP contribution is -2.08. The molecule has 0 radical (unpaired) electrons. The first-order chi connectivity index (χ1) is 9.20. The molecule has 0 amide bonds. The zero-order valence-corrected chi connectivity index (χ0v) is 12.0. The zero-order chi connectivity index (χ0) is 13.7. The van der Waals surface area contributed by atoms with Crippen molar-refractivity contribution in [3.8, 4) is 0 Å². The summed E-state index contributed by atoms with van der Waals surface area (Å²) in [4.78, 5) is 8.57. The molecule has 19 heavy (non-hydrogen) atoms. The van der Waals surface area contributed by atoms with Crippen LogP contribution in [0.2, 0.25) is 10.0 Å². The number of nitrogens with zero attached hydrogens (tertiary/aromatic N) is 2. The number of hydrogen-bond donors (Lipinski definition) is 2. The fraction of sp³-hybridized carbons (Fsp3) is 0.231. The smallest absolute Gasteiger partial charge is 0.147 e. The summed E-state index contributed by atoms with van der Waals surface area (Å²) in [6, 6.07) is 7.52. The Bertz CT molecular complexity index is 546. The zero-order valence-electron chi connectivity index (χ0n) is 10.5. The van der Waals surface area contributed by atoms with Crippen LogP contribution in [0, 0.1) is 0 Å². The third kappa shape index (κ3) is 3.72. The predicted molar refractivity (Wildman–Crippen MR) is 80.2 cm³/mol. The number of halogens is 2. The highest BCUT2D eigenvalue weighted by atomic mass is 35.5. The molecule has 0 bridgehead atoms. The molecule has 6 heteroatoms. The summed E-state index contributed by atoms with van der Waals surface area (Å²) < 4.78 is 0. The molecule has 0 unspecified atom stereocenters. The van der Waals surface area contributed by atoms with Crippen molar-refractivity contribution in [1.82, 2.24) is 9.97 Å². The molecule has 2 aromatic heterocycles. The predicted octanol–water partition coefficient (Wildman–Crippen LogP) is 3.48. The van der Waals surface area contributed by atoms with Gasteiger partial charge in [0.15, 0.2) is 0 Å². The van der Waals surface area contributed by atoms with Gasteiger partial charge in [-0.2, -0.15) is 0 Å². The van der Waals surface area contributed by atoms with Crippen LogP contribution < -0.4 is 10.6 Å². The van der Waals surface area contributed by atoms with Gasteiger partial charge in [-0.15, -0.1) is 0 Å². The first kappa shape index (κ1) is 13.9. The minimum atomic E-state index is 0.503. The highest BCUT2D eigenvalue weighted by molar-refractivity contribution is 6.37. The van der Waals surface area contributed by atoms with Gasteiger partial charge in [0.1, 0.15) is 11.6 Å². The average Bonchev–Trinajstić information content (AvgIpc) is 2.42. The molecular weight excluding hydrogens is 283 g/mol. The molecule has 2 heterocycles. The monoisotopic (exact) mass is 296 g/mol. The molecule has 0 aliphatic carbocycles. The van der Waals surface area contributed by atoms with Gasteiger partial charge in [-0.3, -0.25) is 4.98 Å². The second-order valence-corrected chi connectivity index (χ2v) is 4.71. The number of pyridine rings is 2. The summed E-state index contributed by atoms with van der Waals surface area (Å²) in [6.45, 7) is 0.703. The molecule has 2 rings (SSSR count). The van der Waals surface area contributed by atoms with Gasteiger partial charge in [0.05, 0.1) is 10.0 Å². The van der Waals surface area contributed by atoms with Crippen LogP contribution in [0.25, 0.3) is 0 Å². The quantitative estimate of drug-likeness (QED) is 0.887. The molecule has 2 N–H and O–H groups in total. The SMILES string of the molecule is CNc1nc(NCCc2ccccn2)c(Cl)cc1Cl. The molecule has 4 nitrogen and oxygen atoms in total. The van der Waals surface area contributed by atoms with E-state index in [0.717, 1.165) is 12.1 Å². The van der Waals surface area contributed by atoms with E-state index >= 15 is 0 Å². The van der Waals surface area contributed by atoms with Crippen LogP contribution in [-0.2, 0) is 6.42 Å². The Balaban J connectivity index is 2.00. The third-order valence-corrected chi connectivity index (χ3v) is 3.14. The molecule has 0 aliphatic rings. The van der Waals surface area contributed by atoms with Crippen LogP contribution >= 0.6 is 23.2 Å². The van der Waals surface area contributed by atoms with Crippen molar-refractivity contribution in [2.75, 3.05) is 24.2 Å². The van der Waals surface area contributed by atoms with E-state index in [4.69, 9.17) is 23.2 Å². The van der Waals surface area contributed by atoms with Gasteiger partial charge in [0, 0.05) is 31.9 Å². The maximum Gasteiger partial charge on any atom is 0.147 e. The van der Waals surface area contributed by atoms with Crippen LogP contribution in [-0.4, -0.2) is 23.6 Å². The molecule has 0 fully saturated rings. The summed E-state index contributed by atoms with van der Waals surface area (Å²) >= 11 is 12.1. The van der Waals surface area contributed by atoms with Gasteiger partial charge in [0.2, 0.25) is 0 Å². The second-order valence-electron chi connectivity index (χ2n) is 3.90. The van der Waals surface area contributed by atoms with Crippen molar-refractivity contribution in [3.05, 3.63) is 46.2 Å². The first-order valence-electron chi connectivity index (χ1n) is 5.88. The van der Waals surface area contributed by atoms with E-state index in [0.29, 0.717) is 28.2 Å². The fourth-order valence-corrected chi connectivity index (χ4v) is 2.14. The fourth-order valence-electron chi connectivity index (χ4n) is 1.62. The Kier molecular flexibility index (Phi) is 4.82. The second kappa shape index (κ2) is 6.59. The van der Waals surface area contributed by atoms with Crippen LogP contribution in [0.5, 0.6) is 0 Å². The van der Waals surface area contributed by atoms with Crippen molar-refractivity contribution in [1.29, 1.82) is 0 Å². The van der Waals surface area contributed by atoms with Crippen molar-refractivity contribution in [3.63, 3.8) is 0 Å². The van der Waals surface area contributed by atoms with Crippen LogP contribution in [0.1, 0.15) is 5.69 Å². The van der Waals surface area contributed by atoms with Crippen molar-refractivity contribution in [2.24, 2.45) is 0 Å². The maximum atomic E-state index is 6.09. The Hall–Kier alpha value is -1.52. The summed E-state index contributed by atoms with van der Waals surface area (Å²) in [6.07, 6.45) is 2.58. The summed E-state index contributed by atoms with van der Waals surface area (Å²) in [7, 11) is 1.76. The highest BCUT2D eigenvalue weighted by Crippen LogP contribution is 2.28. The number of aromatic nitrogens is 2. The van der Waals surface area contributed by atoms with Crippen LogP contribution in [0.4, 0.5) is 11.6 Å². The van der Waals surface area contributed by atoms with Gasteiger partial charge in [0.25, 0.3) is 0 Å². The lowest BCUT2D eigenvalue weighted by atomic mass is 10.3. The van der Waals surface area contributed by atoms with Gasteiger partial charge in [-0.05, 0) is 18.2 Å². The number of hydrogen-bond acceptors (Lipinski definition) is 4. The molecule has 0 saturated heterocycles. The topological polar surface area (TPSA) is 49.8 Å². The summed E-state index contributed by atoms with van der Waals surface area (Å²) in [5.41, 5.74) is 1.02. The first-order valence-corrected chi connectivity index (χ1v) is 6.64. The summed E-state index contributed by atoms with van der Waals surface area (Å²) in [5.74, 6) is 1.22. The molecule has 0 aliphatic heterocycles. The molecule has 0 atom stereocenters. The van der Waals surface area contributed by atoms with E-state index in [2.05, 4.69) is 20.6 Å². The molecule has 100 valence electrons. The van der Waals surface area contributed by atoms with E-state index < -0.39 is 0 Å². The van der Waals surface area contributed by atoms with Crippen molar-refractivity contribution < 1.29 is 0 Å². The van der Waals surface area contributed by atoms with Crippen LogP contribution in [0.15, 0.2) is 30.5 Å². The van der Waals surface area contributed by atoms with Crippen molar-refractivity contribution in [2.45, 2.75) is 6.42 Å². The lowest BCUT2D eigenvalue weighted by Gasteiger charge is -2.10. The third-order valence-electron chi connectivity index (χ3n) is 2.57. The number of anilines is 2. The lowest BCUT2D eigenvalue weighted by molar-refractivity contribution is 0.954. The van der Waals surface area contributed by atoms with Gasteiger partial charge in [-0.25, -0.2) is 4.98 Å². The van der Waals surface area contributed by atoms with E-state index in [-0.39, 0.29) is 0 Å². The molecule has 2 aromatic rings. The average molecular weight is 297 g/mol. The Morgan fingerprint density at radius 2 is 1.95 bits per heavy atom. The molecule has 0 aromatic carbocycles. The molecule has 0 spiro atoms. The van der Waals surface area contributed by atoms with E-state index in [1.54, 1.807) is 19.3 Å².